The normalized spacial score (nSPS) is 28.5. The van der Waals surface area contributed by atoms with Gasteiger partial charge in [0, 0.05) is 56.3 Å². The number of hydrogen-bond donors (Lipinski definition) is 3. The lowest BCUT2D eigenvalue weighted by Gasteiger charge is -2.53. The van der Waals surface area contributed by atoms with Crippen LogP contribution in [0.5, 0.6) is 5.75 Å². The second-order valence-electron chi connectivity index (χ2n) is 18.2. The van der Waals surface area contributed by atoms with Gasteiger partial charge in [0.05, 0.1) is 56.9 Å². The molecule has 2 heterocycles. The Morgan fingerprint density at radius 2 is 1.56 bits per heavy atom. The number of aliphatic hydroxyl groups excluding tert-OH is 3. The summed E-state index contributed by atoms with van der Waals surface area (Å²) in [4.78, 5) is 0. The predicted octanol–water partition coefficient (Wildman–Crippen LogP) is 7.52. The highest BCUT2D eigenvalue weighted by Gasteiger charge is 2.67. The summed E-state index contributed by atoms with van der Waals surface area (Å²) in [5, 5.41) is 32.1. The van der Waals surface area contributed by atoms with Crippen LogP contribution in [0.4, 0.5) is 0 Å². The van der Waals surface area contributed by atoms with Crippen LogP contribution in [-0.2, 0) is 41.3 Å². The van der Waals surface area contributed by atoms with Crippen LogP contribution in [0.1, 0.15) is 85.8 Å². The second-order valence-corrected chi connectivity index (χ2v) is 22.9. The molecule has 3 N–H and O–H groups in total. The molecule has 1 spiro atoms. The van der Waals surface area contributed by atoms with Gasteiger partial charge in [0.25, 0.3) is 0 Å². The lowest BCUT2D eigenvalue weighted by Crippen LogP contribution is -2.60. The molecule has 0 radical (unpaired) electrons. The van der Waals surface area contributed by atoms with Crippen molar-refractivity contribution in [3.63, 3.8) is 0 Å². The largest absolute Gasteiger partial charge is 0.497 e. The van der Waals surface area contributed by atoms with Crippen LogP contribution in [0.15, 0.2) is 54.6 Å². The van der Waals surface area contributed by atoms with Crippen LogP contribution in [0, 0.1) is 23.2 Å². The molecular weight excluding hydrogens is 717 g/mol. The summed E-state index contributed by atoms with van der Waals surface area (Å²) < 4.78 is 46.5. The van der Waals surface area contributed by atoms with Crippen molar-refractivity contribution in [1.82, 2.24) is 0 Å². The van der Waals surface area contributed by atoms with Crippen molar-refractivity contribution in [2.45, 2.75) is 155 Å². The molecule has 10 nitrogen and oxygen atoms in total. The van der Waals surface area contributed by atoms with Crippen LogP contribution in [-0.4, -0.2) is 99.6 Å². The predicted molar refractivity (Wildman–Crippen MR) is 217 cm³/mol. The minimum atomic E-state index is -2.23. The third kappa shape index (κ3) is 10.8. The summed E-state index contributed by atoms with van der Waals surface area (Å²) in [7, 11) is 1.04. The molecule has 0 aromatic heterocycles. The van der Waals surface area contributed by atoms with Crippen LogP contribution >= 0.6 is 0 Å². The molecule has 0 bridgehead atoms. The molecule has 2 fully saturated rings. The van der Waals surface area contributed by atoms with Gasteiger partial charge in [-0.05, 0) is 47.8 Å². The summed E-state index contributed by atoms with van der Waals surface area (Å²) in [6, 6.07) is 18.0. The van der Waals surface area contributed by atoms with Crippen molar-refractivity contribution in [1.29, 1.82) is 0 Å². The summed E-state index contributed by atoms with van der Waals surface area (Å²) in [5.74, 6) is -1.20. The van der Waals surface area contributed by atoms with E-state index in [4.69, 9.17) is 32.8 Å². The van der Waals surface area contributed by atoms with Crippen molar-refractivity contribution in [2.75, 3.05) is 27.4 Å². The van der Waals surface area contributed by atoms with Gasteiger partial charge in [-0.15, -0.1) is 0 Å². The molecular formula is C44H72O10Si. The number of rotatable bonds is 19. The fourth-order valence-electron chi connectivity index (χ4n) is 7.78. The Bertz CT molecular complexity index is 1430. The van der Waals surface area contributed by atoms with E-state index in [2.05, 4.69) is 66.8 Å². The van der Waals surface area contributed by atoms with E-state index in [0.29, 0.717) is 32.7 Å². The van der Waals surface area contributed by atoms with Crippen LogP contribution in [0.3, 0.4) is 0 Å². The Hall–Kier alpha value is -1.90. The molecule has 11 heteroatoms. The van der Waals surface area contributed by atoms with Crippen molar-refractivity contribution < 1.29 is 48.2 Å². The summed E-state index contributed by atoms with van der Waals surface area (Å²) in [5.41, 5.74) is 1.39. The summed E-state index contributed by atoms with van der Waals surface area (Å²) >= 11 is 0. The fourth-order valence-corrected chi connectivity index (χ4v) is 9.19. The van der Waals surface area contributed by atoms with Gasteiger partial charge in [0.2, 0.25) is 0 Å². The number of benzene rings is 2. The van der Waals surface area contributed by atoms with Crippen molar-refractivity contribution >= 4 is 8.32 Å². The molecule has 2 aromatic rings. The number of aliphatic hydroxyl groups is 3. The average Bonchev–Trinajstić information content (AvgIpc) is 3.36. The first-order valence-corrected chi connectivity index (χ1v) is 23.1. The highest BCUT2D eigenvalue weighted by molar-refractivity contribution is 6.74. The lowest BCUT2D eigenvalue weighted by molar-refractivity contribution is -0.335. The van der Waals surface area contributed by atoms with E-state index >= 15 is 0 Å². The zero-order chi connectivity index (χ0) is 40.8. The SMILES string of the molecule is COc1ccc(CO[C@@H]2[C@H]([C@@H](C[C@@H](O)[C@@H](C)[C@@H](O)[C@@H](C)CO)OC)O[C@@]3(C[C@H](O[Si](C)(C)C(C)(C)C)[C@@H](C)[C@@H](CCOCc4ccccc4)O3)C2(C)C)cc1. The molecule has 0 aliphatic carbocycles. The zero-order valence-corrected chi connectivity index (χ0v) is 36.6. The topological polar surface area (TPSA) is 125 Å². The van der Waals surface area contributed by atoms with Crippen LogP contribution < -0.4 is 4.74 Å². The lowest BCUT2D eigenvalue weighted by atomic mass is 9.72. The first-order chi connectivity index (χ1) is 25.8. The average molecular weight is 789 g/mol. The Morgan fingerprint density at radius 1 is 0.927 bits per heavy atom. The van der Waals surface area contributed by atoms with E-state index < -0.39 is 56.0 Å². The Kier molecular flexibility index (Phi) is 16.0. The highest BCUT2D eigenvalue weighted by atomic mass is 28.4. The minimum Gasteiger partial charge on any atom is -0.497 e. The van der Waals surface area contributed by atoms with Crippen LogP contribution in [0.2, 0.25) is 18.1 Å². The number of methoxy groups -OCH3 is 2. The van der Waals surface area contributed by atoms with E-state index in [0.717, 1.165) is 16.9 Å². The maximum Gasteiger partial charge on any atom is 0.192 e. The Morgan fingerprint density at radius 3 is 2.15 bits per heavy atom. The van der Waals surface area contributed by atoms with Gasteiger partial charge >= 0.3 is 0 Å². The molecule has 11 atom stereocenters. The van der Waals surface area contributed by atoms with Crippen molar-refractivity contribution in [3.8, 4) is 5.75 Å². The molecule has 55 heavy (non-hydrogen) atoms. The van der Waals surface area contributed by atoms with Gasteiger partial charge in [0.15, 0.2) is 14.1 Å². The van der Waals surface area contributed by atoms with Gasteiger partial charge in [-0.25, -0.2) is 0 Å². The third-order valence-corrected chi connectivity index (χ3v) is 17.5. The Labute approximate surface area is 332 Å². The standard InChI is InChI=1S/C44H72O10Si/c1-29(26-45)39(47)30(2)35(46)24-37(49-10)40-41(51-28-33-18-20-34(48-9)21-19-33)43(7,8)44(53-40)25-38(54-55(11,12)42(4,5)6)31(3)36(52-44)22-23-50-27-32-16-14-13-15-17-32/h13-21,29-31,35-41,45-47H,22-28H2,1-12H3/t29-,30+,31-,35+,36+,37+,38-,39-,40-,41+,44-/m0/s1. The molecule has 0 unspecified atom stereocenters. The summed E-state index contributed by atoms with van der Waals surface area (Å²) in [6.07, 6.45) is -2.65. The fraction of sp³-hybridized carbons (Fsp3) is 0.727. The monoisotopic (exact) mass is 788 g/mol. The van der Waals surface area contributed by atoms with Gasteiger partial charge in [-0.2, -0.15) is 0 Å². The summed E-state index contributed by atoms with van der Waals surface area (Å²) in [6.45, 7) is 22.6. The maximum absolute atomic E-state index is 11.5. The van der Waals surface area contributed by atoms with Crippen molar-refractivity contribution in [3.05, 3.63) is 65.7 Å². The molecule has 0 saturated carbocycles. The van der Waals surface area contributed by atoms with Crippen LogP contribution in [0.25, 0.3) is 0 Å². The van der Waals surface area contributed by atoms with E-state index in [-0.39, 0.29) is 42.1 Å². The number of hydrogen-bond acceptors (Lipinski definition) is 10. The van der Waals surface area contributed by atoms with Gasteiger partial charge < -0.3 is 48.2 Å². The second kappa shape index (κ2) is 19.2. The molecule has 4 rings (SSSR count). The Balaban J connectivity index is 1.70. The number of ether oxygens (including phenoxy) is 6. The third-order valence-electron chi connectivity index (χ3n) is 13.0. The molecule has 312 valence electrons. The van der Waals surface area contributed by atoms with E-state index in [1.54, 1.807) is 28.1 Å². The molecule has 0 amide bonds. The van der Waals surface area contributed by atoms with E-state index in [9.17, 15) is 15.3 Å². The van der Waals surface area contributed by atoms with Crippen molar-refractivity contribution in [2.24, 2.45) is 23.2 Å². The molecule has 2 aliphatic heterocycles. The highest BCUT2D eigenvalue weighted by Crippen LogP contribution is 2.57. The minimum absolute atomic E-state index is 0.00283. The van der Waals surface area contributed by atoms with E-state index in [1.165, 1.54) is 0 Å². The van der Waals surface area contributed by atoms with Gasteiger partial charge in [-0.1, -0.05) is 97.9 Å². The molecule has 2 aliphatic rings. The van der Waals surface area contributed by atoms with Gasteiger partial charge in [-0.3, -0.25) is 0 Å². The smallest absolute Gasteiger partial charge is 0.192 e. The quantitative estimate of drug-likeness (QED) is 0.0973. The molecule has 2 saturated heterocycles. The van der Waals surface area contributed by atoms with Gasteiger partial charge in [0.1, 0.15) is 11.9 Å². The van der Waals surface area contributed by atoms with E-state index in [1.807, 2.05) is 42.5 Å². The first-order valence-electron chi connectivity index (χ1n) is 20.2. The molecule has 2 aromatic carbocycles. The zero-order valence-electron chi connectivity index (χ0n) is 35.6. The maximum atomic E-state index is 11.5. The first kappa shape index (κ1) is 45.8.